The van der Waals surface area contributed by atoms with Crippen LogP contribution in [0, 0.1) is 0 Å². The Labute approximate surface area is 96.4 Å². The second-order valence-corrected chi connectivity index (χ2v) is 4.36. The molecule has 2 amide bonds. The third kappa shape index (κ3) is 3.81. The van der Waals surface area contributed by atoms with Gasteiger partial charge in [-0.1, -0.05) is 11.3 Å². The molecule has 1 aromatic rings. The predicted molar refractivity (Wildman–Crippen MR) is 59.9 cm³/mol. The number of carbonyl (C=O) groups is 2. The largest absolute Gasteiger partial charge is 0.374 e. The second kappa shape index (κ2) is 5.40. The topological polar surface area (TPSA) is 110 Å². The minimum Gasteiger partial charge on any atom is -0.374 e. The fourth-order valence-corrected chi connectivity index (χ4v) is 1.46. The van der Waals surface area contributed by atoms with Crippen molar-refractivity contribution in [3.63, 3.8) is 0 Å². The molecule has 0 saturated heterocycles. The first kappa shape index (κ1) is 12.4. The number of nitrogen functional groups attached to an aromatic ring is 1. The van der Waals surface area contributed by atoms with Gasteiger partial charge < -0.3 is 16.4 Å². The van der Waals surface area contributed by atoms with E-state index in [1.165, 1.54) is 0 Å². The maximum atomic E-state index is 11.4. The predicted octanol–water partition coefficient (Wildman–Crippen LogP) is -0.625. The van der Waals surface area contributed by atoms with Crippen molar-refractivity contribution in [1.29, 1.82) is 0 Å². The number of hydrogen-bond donors (Lipinski definition) is 3. The molecule has 1 rings (SSSR count). The van der Waals surface area contributed by atoms with E-state index in [0.717, 1.165) is 11.3 Å². The molecule has 0 aromatic carbocycles. The Balaban J connectivity index is 2.38. The number of nitrogens with two attached hydrogens (primary N) is 1. The molecule has 0 spiro atoms. The van der Waals surface area contributed by atoms with E-state index in [1.807, 2.05) is 13.8 Å². The number of aromatic nitrogens is 2. The molecule has 4 N–H and O–H groups in total. The molecule has 16 heavy (non-hydrogen) atoms. The van der Waals surface area contributed by atoms with E-state index in [1.54, 1.807) is 0 Å². The average Bonchev–Trinajstić information content (AvgIpc) is 2.60. The highest BCUT2D eigenvalue weighted by Gasteiger charge is 2.12. The van der Waals surface area contributed by atoms with Crippen LogP contribution in [-0.2, 0) is 4.79 Å². The summed E-state index contributed by atoms with van der Waals surface area (Å²) < 4.78 is 0. The normalized spacial score (nSPS) is 10.2. The fraction of sp³-hybridized carbons (Fsp3) is 0.500. The van der Waals surface area contributed by atoms with Crippen LogP contribution >= 0.6 is 11.3 Å². The molecule has 0 aliphatic heterocycles. The van der Waals surface area contributed by atoms with Gasteiger partial charge in [0.2, 0.25) is 16.0 Å². The molecular weight excluding hydrogens is 230 g/mol. The van der Waals surface area contributed by atoms with E-state index < -0.39 is 5.91 Å². The fourth-order valence-electron chi connectivity index (χ4n) is 0.936. The Morgan fingerprint density at radius 2 is 2.12 bits per heavy atom. The Kier molecular flexibility index (Phi) is 4.18. The summed E-state index contributed by atoms with van der Waals surface area (Å²) in [6.07, 6.45) is 0. The number of rotatable bonds is 4. The van der Waals surface area contributed by atoms with Crippen LogP contribution in [0.1, 0.15) is 23.6 Å². The number of nitrogens with zero attached hydrogens (tertiary/aromatic N) is 2. The van der Waals surface area contributed by atoms with E-state index in [2.05, 4.69) is 20.8 Å². The highest BCUT2D eigenvalue weighted by Crippen LogP contribution is 2.09. The van der Waals surface area contributed by atoms with Crippen LogP contribution in [0.15, 0.2) is 0 Å². The summed E-state index contributed by atoms with van der Waals surface area (Å²) in [5.74, 6) is -0.700. The Morgan fingerprint density at radius 3 is 2.62 bits per heavy atom. The molecule has 0 bridgehead atoms. The lowest BCUT2D eigenvalue weighted by Gasteiger charge is -2.08. The Hall–Kier alpha value is -1.70. The number of nitrogens with one attached hydrogen (secondary N) is 2. The molecular formula is C8H13N5O2S. The molecule has 0 saturated carbocycles. The minimum atomic E-state index is -0.451. The van der Waals surface area contributed by atoms with Crippen LogP contribution in [0.5, 0.6) is 0 Å². The molecule has 0 unspecified atom stereocenters. The maximum Gasteiger partial charge on any atom is 0.282 e. The third-order valence-electron chi connectivity index (χ3n) is 1.49. The molecule has 8 heteroatoms. The van der Waals surface area contributed by atoms with Crippen molar-refractivity contribution >= 4 is 28.3 Å². The SMILES string of the molecule is CC(C)NC(=O)CNC(=O)c1nnc(N)s1. The monoisotopic (exact) mass is 243 g/mol. The van der Waals surface area contributed by atoms with Crippen molar-refractivity contribution in [3.8, 4) is 0 Å². The molecule has 1 heterocycles. The van der Waals surface area contributed by atoms with Gasteiger partial charge in [0.05, 0.1) is 6.54 Å². The van der Waals surface area contributed by atoms with Crippen LogP contribution in [0.25, 0.3) is 0 Å². The van der Waals surface area contributed by atoms with Crippen LogP contribution in [0.4, 0.5) is 5.13 Å². The standard InChI is InChI=1S/C8H13N5O2S/c1-4(2)11-5(14)3-10-6(15)7-12-13-8(9)16-7/h4H,3H2,1-2H3,(H2,9,13)(H,10,15)(H,11,14). The first-order valence-electron chi connectivity index (χ1n) is 4.65. The van der Waals surface area contributed by atoms with Gasteiger partial charge in [0.25, 0.3) is 5.91 Å². The van der Waals surface area contributed by atoms with Gasteiger partial charge in [0.15, 0.2) is 0 Å². The smallest absolute Gasteiger partial charge is 0.282 e. The van der Waals surface area contributed by atoms with Gasteiger partial charge in [-0.15, -0.1) is 10.2 Å². The molecule has 0 fully saturated rings. The molecule has 0 aliphatic carbocycles. The molecule has 0 radical (unpaired) electrons. The lowest BCUT2D eigenvalue weighted by molar-refractivity contribution is -0.120. The van der Waals surface area contributed by atoms with Gasteiger partial charge in [-0.3, -0.25) is 9.59 Å². The van der Waals surface area contributed by atoms with Crippen LogP contribution < -0.4 is 16.4 Å². The van der Waals surface area contributed by atoms with Crippen LogP contribution in [0.3, 0.4) is 0 Å². The zero-order chi connectivity index (χ0) is 12.1. The lowest BCUT2D eigenvalue weighted by atomic mass is 10.4. The number of amides is 2. The van der Waals surface area contributed by atoms with Crippen LogP contribution in [-0.4, -0.2) is 34.6 Å². The van der Waals surface area contributed by atoms with Gasteiger partial charge >= 0.3 is 0 Å². The highest BCUT2D eigenvalue weighted by atomic mass is 32.1. The number of hydrogen-bond acceptors (Lipinski definition) is 6. The lowest BCUT2D eigenvalue weighted by Crippen LogP contribution is -2.39. The van der Waals surface area contributed by atoms with E-state index in [9.17, 15) is 9.59 Å². The summed E-state index contributed by atoms with van der Waals surface area (Å²) in [7, 11) is 0. The molecule has 0 aliphatic rings. The highest BCUT2D eigenvalue weighted by molar-refractivity contribution is 7.16. The van der Waals surface area contributed by atoms with Gasteiger partial charge in [0, 0.05) is 6.04 Å². The second-order valence-electron chi connectivity index (χ2n) is 3.35. The molecule has 1 aromatic heterocycles. The van der Waals surface area contributed by atoms with E-state index in [0.29, 0.717) is 0 Å². The third-order valence-corrected chi connectivity index (χ3v) is 2.25. The zero-order valence-electron chi connectivity index (χ0n) is 8.98. The number of anilines is 1. The summed E-state index contributed by atoms with van der Waals surface area (Å²) in [6, 6.07) is 0.0431. The van der Waals surface area contributed by atoms with Crippen molar-refractivity contribution in [2.24, 2.45) is 0 Å². The van der Waals surface area contributed by atoms with Crippen molar-refractivity contribution in [1.82, 2.24) is 20.8 Å². The quantitative estimate of drug-likeness (QED) is 0.652. The maximum absolute atomic E-state index is 11.4. The van der Waals surface area contributed by atoms with E-state index in [-0.39, 0.29) is 28.6 Å². The molecule has 7 nitrogen and oxygen atoms in total. The van der Waals surface area contributed by atoms with E-state index >= 15 is 0 Å². The minimum absolute atomic E-state index is 0.0431. The summed E-state index contributed by atoms with van der Waals surface area (Å²) in [6.45, 7) is 3.59. The van der Waals surface area contributed by atoms with Crippen molar-refractivity contribution < 1.29 is 9.59 Å². The van der Waals surface area contributed by atoms with Gasteiger partial charge in [-0.2, -0.15) is 0 Å². The first-order valence-corrected chi connectivity index (χ1v) is 5.47. The van der Waals surface area contributed by atoms with Gasteiger partial charge in [-0.25, -0.2) is 0 Å². The van der Waals surface area contributed by atoms with Crippen molar-refractivity contribution in [2.45, 2.75) is 19.9 Å². The summed E-state index contributed by atoms with van der Waals surface area (Å²) >= 11 is 0.973. The summed E-state index contributed by atoms with van der Waals surface area (Å²) in [5.41, 5.74) is 5.32. The van der Waals surface area contributed by atoms with Crippen molar-refractivity contribution in [3.05, 3.63) is 5.01 Å². The summed E-state index contributed by atoms with van der Waals surface area (Å²) in [4.78, 5) is 22.6. The Bertz CT molecular complexity index is 390. The number of carbonyl (C=O) groups excluding carboxylic acids is 2. The van der Waals surface area contributed by atoms with Crippen LogP contribution in [0.2, 0.25) is 0 Å². The molecule has 0 atom stereocenters. The molecule has 88 valence electrons. The first-order chi connectivity index (χ1) is 7.49. The summed E-state index contributed by atoms with van der Waals surface area (Å²) in [5, 5.41) is 12.5. The average molecular weight is 243 g/mol. The van der Waals surface area contributed by atoms with Crippen molar-refractivity contribution in [2.75, 3.05) is 12.3 Å². The van der Waals surface area contributed by atoms with E-state index in [4.69, 9.17) is 5.73 Å². The van der Waals surface area contributed by atoms with Gasteiger partial charge in [0.1, 0.15) is 0 Å². The van der Waals surface area contributed by atoms with Gasteiger partial charge in [-0.05, 0) is 13.8 Å². The Morgan fingerprint density at radius 1 is 1.44 bits per heavy atom. The zero-order valence-corrected chi connectivity index (χ0v) is 9.80.